The van der Waals surface area contributed by atoms with Crippen LogP contribution in [-0.2, 0) is 0 Å². The Kier molecular flexibility index (Phi) is 2.32. The minimum atomic E-state index is 0.254. The van der Waals surface area contributed by atoms with Crippen LogP contribution in [0.25, 0.3) is 0 Å². The van der Waals surface area contributed by atoms with Gasteiger partial charge >= 0.3 is 0 Å². The zero-order valence-corrected chi connectivity index (χ0v) is 7.51. The van der Waals surface area contributed by atoms with Gasteiger partial charge < -0.3 is 10.4 Å². The van der Waals surface area contributed by atoms with E-state index in [9.17, 15) is 5.11 Å². The topological polar surface area (TPSA) is 45.1 Å². The first kappa shape index (κ1) is 8.56. The van der Waals surface area contributed by atoms with Crippen molar-refractivity contribution >= 4 is 11.4 Å². The Morgan fingerprint density at radius 2 is 1.79 bits per heavy atom. The summed E-state index contributed by atoms with van der Waals surface area (Å²) in [5.74, 6) is 0.254. The van der Waals surface area contributed by atoms with Gasteiger partial charge in [0.15, 0.2) is 0 Å². The van der Waals surface area contributed by atoms with Crippen molar-refractivity contribution in [3.05, 3.63) is 48.8 Å². The second kappa shape index (κ2) is 3.79. The Labute approximate surface area is 82.1 Å². The maximum absolute atomic E-state index is 9.24. The lowest BCUT2D eigenvalue weighted by Gasteiger charge is -2.05. The summed E-state index contributed by atoms with van der Waals surface area (Å²) < 4.78 is 0. The normalized spacial score (nSPS) is 9.71. The molecule has 3 heteroatoms. The molecule has 0 aliphatic heterocycles. The number of phenols is 1. The van der Waals surface area contributed by atoms with Gasteiger partial charge in [-0.3, -0.25) is 4.98 Å². The van der Waals surface area contributed by atoms with Crippen molar-refractivity contribution in [3.8, 4) is 5.75 Å². The fraction of sp³-hybridized carbons (Fsp3) is 0. The molecule has 2 aromatic rings. The SMILES string of the molecule is Oc1cccc(Nc2ccncc2)c1. The van der Waals surface area contributed by atoms with E-state index < -0.39 is 0 Å². The van der Waals surface area contributed by atoms with Gasteiger partial charge in [0, 0.05) is 29.8 Å². The molecule has 14 heavy (non-hydrogen) atoms. The average molecular weight is 186 g/mol. The molecule has 70 valence electrons. The van der Waals surface area contributed by atoms with E-state index in [4.69, 9.17) is 0 Å². The first-order chi connectivity index (χ1) is 6.84. The predicted molar refractivity (Wildman–Crippen MR) is 55.6 cm³/mol. The molecule has 0 saturated heterocycles. The Balaban J connectivity index is 2.19. The first-order valence-electron chi connectivity index (χ1n) is 4.31. The van der Waals surface area contributed by atoms with Crippen LogP contribution < -0.4 is 5.32 Å². The summed E-state index contributed by atoms with van der Waals surface area (Å²) in [5, 5.41) is 12.4. The number of hydrogen-bond acceptors (Lipinski definition) is 3. The monoisotopic (exact) mass is 186 g/mol. The van der Waals surface area contributed by atoms with E-state index in [0.29, 0.717) is 0 Å². The summed E-state index contributed by atoms with van der Waals surface area (Å²) in [7, 11) is 0. The summed E-state index contributed by atoms with van der Waals surface area (Å²) in [6.07, 6.45) is 3.43. The van der Waals surface area contributed by atoms with Gasteiger partial charge in [0.25, 0.3) is 0 Å². The van der Waals surface area contributed by atoms with Crippen molar-refractivity contribution in [2.45, 2.75) is 0 Å². The molecule has 2 N–H and O–H groups in total. The standard InChI is InChI=1S/C11H10N2O/c14-11-3-1-2-10(8-11)13-9-4-6-12-7-5-9/h1-8,14H,(H,12,13). The molecular formula is C11H10N2O. The minimum absolute atomic E-state index is 0.254. The fourth-order valence-electron chi connectivity index (χ4n) is 1.19. The van der Waals surface area contributed by atoms with Crippen LogP contribution in [0.1, 0.15) is 0 Å². The Morgan fingerprint density at radius 3 is 2.50 bits per heavy atom. The molecule has 3 nitrogen and oxygen atoms in total. The van der Waals surface area contributed by atoms with Crippen molar-refractivity contribution in [1.29, 1.82) is 0 Å². The average Bonchev–Trinajstić information content (AvgIpc) is 2.19. The van der Waals surface area contributed by atoms with E-state index in [1.54, 1.807) is 30.6 Å². The molecule has 0 amide bonds. The van der Waals surface area contributed by atoms with Gasteiger partial charge in [0.2, 0.25) is 0 Å². The van der Waals surface area contributed by atoms with Gasteiger partial charge in [-0.15, -0.1) is 0 Å². The second-order valence-corrected chi connectivity index (χ2v) is 2.91. The van der Waals surface area contributed by atoms with Crippen LogP contribution >= 0.6 is 0 Å². The van der Waals surface area contributed by atoms with E-state index >= 15 is 0 Å². The maximum Gasteiger partial charge on any atom is 0.117 e. The molecule has 0 saturated carbocycles. The molecule has 1 aromatic heterocycles. The van der Waals surface area contributed by atoms with Crippen LogP contribution in [0.5, 0.6) is 5.75 Å². The minimum Gasteiger partial charge on any atom is -0.508 e. The van der Waals surface area contributed by atoms with Crippen LogP contribution in [0.4, 0.5) is 11.4 Å². The molecule has 1 aromatic carbocycles. The summed E-state index contributed by atoms with van der Waals surface area (Å²) in [5.41, 5.74) is 1.81. The molecule has 0 aliphatic rings. The first-order valence-corrected chi connectivity index (χ1v) is 4.31. The number of benzene rings is 1. The molecule has 1 heterocycles. The number of nitrogens with one attached hydrogen (secondary N) is 1. The highest BCUT2D eigenvalue weighted by molar-refractivity contribution is 5.60. The van der Waals surface area contributed by atoms with Crippen molar-refractivity contribution in [3.63, 3.8) is 0 Å². The van der Waals surface area contributed by atoms with Crippen LogP contribution in [0.3, 0.4) is 0 Å². The van der Waals surface area contributed by atoms with E-state index in [0.717, 1.165) is 11.4 Å². The summed E-state index contributed by atoms with van der Waals surface area (Å²) in [4.78, 5) is 3.92. The molecule has 0 atom stereocenters. The number of anilines is 2. The Bertz CT molecular complexity index is 415. The van der Waals surface area contributed by atoms with Crippen LogP contribution in [0.2, 0.25) is 0 Å². The van der Waals surface area contributed by atoms with Crippen LogP contribution in [-0.4, -0.2) is 10.1 Å². The van der Waals surface area contributed by atoms with Gasteiger partial charge in [-0.1, -0.05) is 6.07 Å². The van der Waals surface area contributed by atoms with Crippen molar-refractivity contribution in [2.24, 2.45) is 0 Å². The zero-order valence-electron chi connectivity index (χ0n) is 7.51. The quantitative estimate of drug-likeness (QED) is 0.757. The number of rotatable bonds is 2. The molecule has 0 spiro atoms. The predicted octanol–water partition coefficient (Wildman–Crippen LogP) is 2.53. The van der Waals surface area contributed by atoms with Gasteiger partial charge in [-0.25, -0.2) is 0 Å². The number of aromatic nitrogens is 1. The third kappa shape index (κ3) is 2.01. The maximum atomic E-state index is 9.24. The lowest BCUT2D eigenvalue weighted by atomic mass is 10.3. The number of phenolic OH excluding ortho intramolecular Hbond substituents is 1. The smallest absolute Gasteiger partial charge is 0.117 e. The third-order valence-electron chi connectivity index (χ3n) is 1.82. The van der Waals surface area contributed by atoms with Gasteiger partial charge in [-0.05, 0) is 24.3 Å². The van der Waals surface area contributed by atoms with Crippen molar-refractivity contribution in [2.75, 3.05) is 5.32 Å². The lowest BCUT2D eigenvalue weighted by molar-refractivity contribution is 0.475. The van der Waals surface area contributed by atoms with Crippen molar-refractivity contribution in [1.82, 2.24) is 4.98 Å². The fourth-order valence-corrected chi connectivity index (χ4v) is 1.19. The summed E-state index contributed by atoms with van der Waals surface area (Å²) in [6, 6.07) is 10.7. The molecule has 0 bridgehead atoms. The Morgan fingerprint density at radius 1 is 1.00 bits per heavy atom. The largest absolute Gasteiger partial charge is 0.508 e. The van der Waals surface area contributed by atoms with Gasteiger partial charge in [-0.2, -0.15) is 0 Å². The highest BCUT2D eigenvalue weighted by Crippen LogP contribution is 2.19. The van der Waals surface area contributed by atoms with E-state index in [1.807, 2.05) is 18.2 Å². The number of hydrogen-bond donors (Lipinski definition) is 2. The number of nitrogens with zero attached hydrogens (tertiary/aromatic N) is 1. The van der Waals surface area contributed by atoms with E-state index in [1.165, 1.54) is 0 Å². The molecule has 0 radical (unpaired) electrons. The lowest BCUT2D eigenvalue weighted by Crippen LogP contribution is -1.89. The third-order valence-corrected chi connectivity index (χ3v) is 1.82. The van der Waals surface area contributed by atoms with E-state index in [2.05, 4.69) is 10.3 Å². The summed E-state index contributed by atoms with van der Waals surface area (Å²) >= 11 is 0. The number of pyridine rings is 1. The molecule has 2 rings (SSSR count). The van der Waals surface area contributed by atoms with Crippen LogP contribution in [0.15, 0.2) is 48.8 Å². The van der Waals surface area contributed by atoms with E-state index in [-0.39, 0.29) is 5.75 Å². The zero-order chi connectivity index (χ0) is 9.80. The number of aromatic hydroxyl groups is 1. The van der Waals surface area contributed by atoms with Gasteiger partial charge in [0.1, 0.15) is 5.75 Å². The van der Waals surface area contributed by atoms with Gasteiger partial charge in [0.05, 0.1) is 0 Å². The van der Waals surface area contributed by atoms with Crippen molar-refractivity contribution < 1.29 is 5.11 Å². The second-order valence-electron chi connectivity index (χ2n) is 2.91. The molecule has 0 fully saturated rings. The highest BCUT2D eigenvalue weighted by Gasteiger charge is 1.94. The Hall–Kier alpha value is -2.03. The molecule has 0 unspecified atom stereocenters. The molecule has 0 aliphatic carbocycles. The highest BCUT2D eigenvalue weighted by atomic mass is 16.3. The van der Waals surface area contributed by atoms with Crippen LogP contribution in [0, 0.1) is 0 Å². The molecular weight excluding hydrogens is 176 g/mol. The summed E-state index contributed by atoms with van der Waals surface area (Å²) in [6.45, 7) is 0.